The Labute approximate surface area is 114 Å². The summed E-state index contributed by atoms with van der Waals surface area (Å²) < 4.78 is 1.46. The van der Waals surface area contributed by atoms with Crippen molar-refractivity contribution in [2.75, 3.05) is 5.75 Å². The highest BCUT2D eigenvalue weighted by molar-refractivity contribution is 7.99. The number of Topliss-reactive ketones (excluding diaryl/α,β-unsaturated/α-hetero) is 1. The number of hydrogen-bond donors (Lipinski definition) is 2. The molecule has 1 rings (SSSR count). The fourth-order valence-corrected chi connectivity index (χ4v) is 2.25. The Hall–Kier alpha value is -2.01. The molecule has 3 N–H and O–H groups in total. The van der Waals surface area contributed by atoms with Gasteiger partial charge >= 0.3 is 5.69 Å². The van der Waals surface area contributed by atoms with Gasteiger partial charge in [-0.1, -0.05) is 18.7 Å². The number of carbonyl (C=O) groups is 1. The standard InChI is InChI=1S/C11H15N5O2S/c1-3-4-16-10(18)14-15-11(16)19-6-9(17)8(5-12)7(2)13/h3-4,6,13H2,1-2H3,(H,14,18)/b8-7+. The van der Waals surface area contributed by atoms with E-state index in [2.05, 4.69) is 10.2 Å². The average Bonchev–Trinajstić information content (AvgIpc) is 2.69. The highest BCUT2D eigenvalue weighted by atomic mass is 32.2. The molecule has 0 amide bonds. The number of nitrogens with zero attached hydrogens (tertiary/aromatic N) is 3. The Morgan fingerprint density at radius 3 is 2.84 bits per heavy atom. The van der Waals surface area contributed by atoms with E-state index >= 15 is 0 Å². The smallest absolute Gasteiger partial charge is 0.343 e. The van der Waals surface area contributed by atoms with Gasteiger partial charge in [0.15, 0.2) is 10.9 Å². The summed E-state index contributed by atoms with van der Waals surface area (Å²) in [7, 11) is 0. The van der Waals surface area contributed by atoms with Gasteiger partial charge in [-0.05, 0) is 13.3 Å². The van der Waals surface area contributed by atoms with Gasteiger partial charge in [0.2, 0.25) is 0 Å². The first kappa shape index (κ1) is 15.0. The molecule has 1 aromatic rings. The second-order valence-electron chi connectivity index (χ2n) is 3.84. The lowest BCUT2D eigenvalue weighted by Gasteiger charge is -2.03. The van der Waals surface area contributed by atoms with Crippen molar-refractivity contribution < 1.29 is 4.79 Å². The van der Waals surface area contributed by atoms with Crippen molar-refractivity contribution in [3.05, 3.63) is 21.8 Å². The summed E-state index contributed by atoms with van der Waals surface area (Å²) in [6, 6.07) is 1.78. The quantitative estimate of drug-likeness (QED) is 0.442. The Morgan fingerprint density at radius 2 is 2.32 bits per heavy atom. The number of allylic oxidation sites excluding steroid dienone is 2. The minimum atomic E-state index is -0.369. The minimum Gasteiger partial charge on any atom is -0.401 e. The highest BCUT2D eigenvalue weighted by Gasteiger charge is 2.15. The molecule has 0 unspecified atom stereocenters. The number of nitrogens with two attached hydrogens (primary N) is 1. The first-order chi connectivity index (χ1) is 9.01. The molecule has 1 heterocycles. The Bertz CT molecular complexity index is 589. The molecule has 0 saturated heterocycles. The monoisotopic (exact) mass is 281 g/mol. The van der Waals surface area contributed by atoms with Gasteiger partial charge in [0.05, 0.1) is 5.75 Å². The molecule has 102 valence electrons. The van der Waals surface area contributed by atoms with Crippen LogP contribution in [0.3, 0.4) is 0 Å². The van der Waals surface area contributed by atoms with E-state index in [0.717, 1.165) is 18.2 Å². The number of ketones is 1. The first-order valence-corrected chi connectivity index (χ1v) is 6.67. The maximum absolute atomic E-state index is 11.8. The van der Waals surface area contributed by atoms with E-state index in [9.17, 15) is 9.59 Å². The predicted octanol–water partition coefficient (Wildman–Crippen LogP) is 0.399. The lowest BCUT2D eigenvalue weighted by atomic mass is 10.2. The molecule has 0 atom stereocenters. The van der Waals surface area contributed by atoms with E-state index in [1.54, 1.807) is 6.07 Å². The third-order valence-electron chi connectivity index (χ3n) is 2.29. The molecule has 0 aromatic carbocycles. The third-order valence-corrected chi connectivity index (χ3v) is 3.26. The molecule has 0 aliphatic heterocycles. The molecule has 1 aromatic heterocycles. The van der Waals surface area contributed by atoms with Crippen LogP contribution in [0.5, 0.6) is 0 Å². The average molecular weight is 281 g/mol. The zero-order chi connectivity index (χ0) is 14.4. The van der Waals surface area contributed by atoms with Crippen molar-refractivity contribution in [1.82, 2.24) is 14.8 Å². The first-order valence-electron chi connectivity index (χ1n) is 5.68. The number of nitriles is 1. The van der Waals surface area contributed by atoms with Crippen molar-refractivity contribution in [1.29, 1.82) is 5.26 Å². The number of aromatic amines is 1. The molecule has 0 fully saturated rings. The number of hydrogen-bond acceptors (Lipinski definition) is 6. The van der Waals surface area contributed by atoms with Crippen LogP contribution >= 0.6 is 11.8 Å². The summed E-state index contributed by atoms with van der Waals surface area (Å²) in [4.78, 5) is 23.2. The molecule has 0 aliphatic carbocycles. The zero-order valence-corrected chi connectivity index (χ0v) is 11.6. The summed E-state index contributed by atoms with van der Waals surface area (Å²) in [5.74, 6) is -0.350. The second kappa shape index (κ2) is 6.80. The maximum atomic E-state index is 11.8. The summed E-state index contributed by atoms with van der Waals surface area (Å²) in [6.07, 6.45) is 0.784. The number of carbonyl (C=O) groups excluding carboxylic acids is 1. The van der Waals surface area contributed by atoms with Crippen molar-refractivity contribution >= 4 is 17.5 Å². The summed E-state index contributed by atoms with van der Waals surface area (Å²) in [5.41, 5.74) is 5.29. The molecular formula is C11H15N5O2S. The fourth-order valence-electron chi connectivity index (χ4n) is 1.41. The van der Waals surface area contributed by atoms with Crippen molar-refractivity contribution in [2.45, 2.75) is 32.0 Å². The Morgan fingerprint density at radius 1 is 1.63 bits per heavy atom. The molecule has 0 aliphatic rings. The largest absolute Gasteiger partial charge is 0.401 e. The van der Waals surface area contributed by atoms with Crippen LogP contribution in [0.25, 0.3) is 0 Å². The van der Waals surface area contributed by atoms with Gasteiger partial charge in [-0.15, -0.1) is 5.10 Å². The van der Waals surface area contributed by atoms with Crippen LogP contribution < -0.4 is 11.4 Å². The lowest BCUT2D eigenvalue weighted by Crippen LogP contribution is -2.17. The number of nitrogens with one attached hydrogen (secondary N) is 1. The number of aromatic nitrogens is 3. The number of H-pyrrole nitrogens is 1. The maximum Gasteiger partial charge on any atom is 0.343 e. The molecule has 0 saturated carbocycles. The van der Waals surface area contributed by atoms with E-state index in [0.29, 0.717) is 11.7 Å². The molecule has 8 heteroatoms. The number of rotatable bonds is 6. The number of thioether (sulfide) groups is 1. The molecular weight excluding hydrogens is 266 g/mol. The van der Waals surface area contributed by atoms with Crippen molar-refractivity contribution in [2.24, 2.45) is 5.73 Å². The highest BCUT2D eigenvalue weighted by Crippen LogP contribution is 2.15. The molecule has 0 radical (unpaired) electrons. The van der Waals surface area contributed by atoms with Crippen LogP contribution in [0.2, 0.25) is 0 Å². The summed E-state index contributed by atoms with van der Waals surface area (Å²) >= 11 is 1.11. The van der Waals surface area contributed by atoms with Crippen LogP contribution in [0.4, 0.5) is 0 Å². The van der Waals surface area contributed by atoms with Gasteiger partial charge in [0.1, 0.15) is 11.6 Å². The summed E-state index contributed by atoms with van der Waals surface area (Å²) in [6.45, 7) is 3.97. The topological polar surface area (TPSA) is 118 Å². The Kier molecular flexibility index (Phi) is 5.38. The minimum absolute atomic E-state index is 0.0193. The molecule has 0 bridgehead atoms. The molecule has 0 spiro atoms. The SMILES string of the molecule is CCCn1c(SCC(=O)/C(C#N)=C(\C)N)n[nH]c1=O. The van der Waals surface area contributed by atoms with Gasteiger partial charge in [-0.25, -0.2) is 9.89 Å². The zero-order valence-electron chi connectivity index (χ0n) is 10.8. The van der Waals surface area contributed by atoms with Gasteiger partial charge < -0.3 is 5.73 Å². The van der Waals surface area contributed by atoms with Crippen LogP contribution in [-0.4, -0.2) is 26.3 Å². The van der Waals surface area contributed by atoms with E-state index in [4.69, 9.17) is 11.0 Å². The van der Waals surface area contributed by atoms with Gasteiger partial charge in [0.25, 0.3) is 0 Å². The van der Waals surface area contributed by atoms with Crippen LogP contribution in [0, 0.1) is 11.3 Å². The fraction of sp³-hybridized carbons (Fsp3) is 0.455. The van der Waals surface area contributed by atoms with Crippen LogP contribution in [0.1, 0.15) is 20.3 Å². The summed E-state index contributed by atoms with van der Waals surface area (Å²) in [5, 5.41) is 15.4. The molecule has 7 nitrogen and oxygen atoms in total. The van der Waals surface area contributed by atoms with E-state index in [1.165, 1.54) is 11.5 Å². The van der Waals surface area contributed by atoms with Gasteiger partial charge in [-0.3, -0.25) is 9.36 Å². The Balaban J connectivity index is 2.79. The normalized spacial score (nSPS) is 11.8. The van der Waals surface area contributed by atoms with Gasteiger partial charge in [-0.2, -0.15) is 5.26 Å². The second-order valence-corrected chi connectivity index (χ2v) is 4.79. The van der Waals surface area contributed by atoms with E-state index in [-0.39, 0.29) is 28.5 Å². The predicted molar refractivity (Wildman–Crippen MR) is 71.4 cm³/mol. The van der Waals surface area contributed by atoms with E-state index < -0.39 is 0 Å². The van der Waals surface area contributed by atoms with Crippen LogP contribution in [0.15, 0.2) is 21.2 Å². The lowest BCUT2D eigenvalue weighted by molar-refractivity contribution is -0.112. The van der Waals surface area contributed by atoms with Crippen molar-refractivity contribution in [3.8, 4) is 6.07 Å². The van der Waals surface area contributed by atoms with Gasteiger partial charge in [0, 0.05) is 12.2 Å². The molecule has 19 heavy (non-hydrogen) atoms. The van der Waals surface area contributed by atoms with Crippen LogP contribution in [-0.2, 0) is 11.3 Å². The third kappa shape index (κ3) is 3.72. The van der Waals surface area contributed by atoms with Crippen molar-refractivity contribution in [3.63, 3.8) is 0 Å². The van der Waals surface area contributed by atoms with E-state index in [1.807, 2.05) is 6.92 Å².